The van der Waals surface area contributed by atoms with Crippen molar-refractivity contribution in [1.29, 1.82) is 0 Å². The van der Waals surface area contributed by atoms with E-state index in [1.807, 2.05) is 0 Å². The summed E-state index contributed by atoms with van der Waals surface area (Å²) >= 11 is 0. The lowest BCUT2D eigenvalue weighted by Crippen LogP contribution is -2.37. The maximum atomic E-state index is 3.54. The van der Waals surface area contributed by atoms with Crippen LogP contribution in [-0.2, 0) is 0 Å². The van der Waals surface area contributed by atoms with Crippen molar-refractivity contribution >= 4 is 0 Å². The van der Waals surface area contributed by atoms with E-state index >= 15 is 0 Å². The highest BCUT2D eigenvalue weighted by Crippen LogP contribution is 2.05. The Morgan fingerprint density at radius 2 is 1.94 bits per heavy atom. The van der Waals surface area contributed by atoms with Crippen molar-refractivity contribution in [3.63, 3.8) is 0 Å². The minimum Gasteiger partial charge on any atom is -0.314 e. The SMILES string of the molecule is CCC(C)N(C)CCNCCN1CCCC1. The molecule has 1 saturated heterocycles. The van der Waals surface area contributed by atoms with Gasteiger partial charge in [0.2, 0.25) is 0 Å². The summed E-state index contributed by atoms with van der Waals surface area (Å²) < 4.78 is 0. The molecule has 0 saturated carbocycles. The second-order valence-electron chi connectivity index (χ2n) is 5.04. The molecule has 0 bridgehead atoms. The maximum Gasteiger partial charge on any atom is 0.0107 e. The normalized spacial score (nSPS) is 19.5. The van der Waals surface area contributed by atoms with E-state index in [9.17, 15) is 0 Å². The molecule has 1 aliphatic heterocycles. The molecule has 16 heavy (non-hydrogen) atoms. The Balaban J connectivity index is 1.91. The molecule has 1 aliphatic rings. The lowest BCUT2D eigenvalue weighted by Gasteiger charge is -2.23. The summed E-state index contributed by atoms with van der Waals surface area (Å²) in [6.45, 7) is 11.8. The minimum absolute atomic E-state index is 0.709. The smallest absolute Gasteiger partial charge is 0.0107 e. The third kappa shape index (κ3) is 5.28. The second-order valence-corrected chi connectivity index (χ2v) is 5.04. The molecule has 0 aromatic carbocycles. The van der Waals surface area contributed by atoms with E-state index in [1.165, 1.54) is 38.9 Å². The van der Waals surface area contributed by atoms with Crippen LogP contribution in [0.5, 0.6) is 0 Å². The first-order valence-electron chi connectivity index (χ1n) is 6.87. The molecule has 1 rings (SSSR count). The molecular formula is C13H29N3. The van der Waals surface area contributed by atoms with E-state index < -0.39 is 0 Å². The van der Waals surface area contributed by atoms with Gasteiger partial charge in [0.1, 0.15) is 0 Å². The van der Waals surface area contributed by atoms with Crippen molar-refractivity contribution in [2.24, 2.45) is 0 Å². The van der Waals surface area contributed by atoms with Crippen LogP contribution in [0.1, 0.15) is 33.1 Å². The Hall–Kier alpha value is -0.120. The molecule has 0 amide bonds. The van der Waals surface area contributed by atoms with Crippen LogP contribution in [0.4, 0.5) is 0 Å². The van der Waals surface area contributed by atoms with E-state index in [-0.39, 0.29) is 0 Å². The summed E-state index contributed by atoms with van der Waals surface area (Å²) in [6, 6.07) is 0.709. The molecule has 96 valence electrons. The van der Waals surface area contributed by atoms with Gasteiger partial charge in [-0.3, -0.25) is 0 Å². The summed E-state index contributed by atoms with van der Waals surface area (Å²) in [5.41, 5.74) is 0. The molecule has 1 atom stereocenters. The van der Waals surface area contributed by atoms with Crippen LogP contribution >= 0.6 is 0 Å². The van der Waals surface area contributed by atoms with Crippen molar-refractivity contribution < 1.29 is 0 Å². The highest BCUT2D eigenvalue weighted by molar-refractivity contribution is 4.67. The molecule has 0 aromatic rings. The third-order valence-electron chi connectivity index (χ3n) is 3.79. The monoisotopic (exact) mass is 227 g/mol. The molecule has 3 heteroatoms. The number of likely N-dealkylation sites (tertiary alicyclic amines) is 1. The van der Waals surface area contributed by atoms with Crippen molar-refractivity contribution in [1.82, 2.24) is 15.1 Å². The standard InChI is InChI=1S/C13H29N3/c1-4-13(2)15(3)11-7-14-8-12-16-9-5-6-10-16/h13-14H,4-12H2,1-3H3. The highest BCUT2D eigenvalue weighted by atomic mass is 15.2. The predicted molar refractivity (Wildman–Crippen MR) is 70.9 cm³/mol. The Labute approximate surface area is 101 Å². The van der Waals surface area contributed by atoms with Crippen LogP contribution in [0.3, 0.4) is 0 Å². The molecule has 1 unspecified atom stereocenters. The summed E-state index contributed by atoms with van der Waals surface area (Å²) in [7, 11) is 2.22. The molecule has 0 radical (unpaired) electrons. The van der Waals surface area contributed by atoms with Crippen molar-refractivity contribution in [2.45, 2.75) is 39.2 Å². The largest absolute Gasteiger partial charge is 0.314 e. The van der Waals surface area contributed by atoms with Gasteiger partial charge in [-0.25, -0.2) is 0 Å². The lowest BCUT2D eigenvalue weighted by atomic mass is 10.2. The third-order valence-corrected chi connectivity index (χ3v) is 3.79. The van der Waals surface area contributed by atoms with Crippen LogP contribution in [0.2, 0.25) is 0 Å². The fourth-order valence-corrected chi connectivity index (χ4v) is 2.16. The van der Waals surface area contributed by atoms with Gasteiger partial charge in [0, 0.05) is 32.2 Å². The lowest BCUT2D eigenvalue weighted by molar-refractivity contribution is 0.249. The predicted octanol–water partition coefficient (Wildman–Crippen LogP) is 1.40. The van der Waals surface area contributed by atoms with Crippen molar-refractivity contribution in [3.05, 3.63) is 0 Å². The fourth-order valence-electron chi connectivity index (χ4n) is 2.16. The summed E-state index contributed by atoms with van der Waals surface area (Å²) in [6.07, 6.45) is 4.04. The second kappa shape index (κ2) is 8.04. The Morgan fingerprint density at radius 3 is 2.56 bits per heavy atom. The molecule has 0 aliphatic carbocycles. The number of likely N-dealkylation sites (N-methyl/N-ethyl adjacent to an activating group) is 1. The topological polar surface area (TPSA) is 18.5 Å². The van der Waals surface area contributed by atoms with Gasteiger partial charge in [0.25, 0.3) is 0 Å². The zero-order valence-corrected chi connectivity index (χ0v) is 11.3. The molecular weight excluding hydrogens is 198 g/mol. The van der Waals surface area contributed by atoms with Gasteiger partial charge < -0.3 is 15.1 Å². The molecule has 1 heterocycles. The van der Waals surface area contributed by atoms with Crippen LogP contribution < -0.4 is 5.32 Å². The van der Waals surface area contributed by atoms with Crippen LogP contribution in [-0.4, -0.2) is 62.2 Å². The van der Waals surface area contributed by atoms with Gasteiger partial charge in [-0.05, 0) is 46.3 Å². The number of nitrogens with zero attached hydrogens (tertiary/aromatic N) is 2. The fraction of sp³-hybridized carbons (Fsp3) is 1.00. The van der Waals surface area contributed by atoms with Crippen molar-refractivity contribution in [2.75, 3.05) is 46.3 Å². The number of rotatable bonds is 8. The Kier molecular flexibility index (Phi) is 7.01. The molecule has 1 fully saturated rings. The Bertz CT molecular complexity index is 167. The van der Waals surface area contributed by atoms with Crippen LogP contribution in [0, 0.1) is 0 Å². The van der Waals surface area contributed by atoms with Gasteiger partial charge in [-0.1, -0.05) is 6.92 Å². The molecule has 0 spiro atoms. The summed E-state index contributed by atoms with van der Waals surface area (Å²) in [5.74, 6) is 0. The number of nitrogens with one attached hydrogen (secondary N) is 1. The summed E-state index contributed by atoms with van der Waals surface area (Å²) in [4.78, 5) is 4.99. The van der Waals surface area contributed by atoms with Gasteiger partial charge in [0.05, 0.1) is 0 Å². The zero-order chi connectivity index (χ0) is 11.8. The van der Waals surface area contributed by atoms with Crippen molar-refractivity contribution in [3.8, 4) is 0 Å². The van der Waals surface area contributed by atoms with E-state index in [0.29, 0.717) is 6.04 Å². The van der Waals surface area contributed by atoms with E-state index in [2.05, 4.69) is 36.0 Å². The first kappa shape index (κ1) is 13.9. The maximum absolute atomic E-state index is 3.54. The van der Waals surface area contributed by atoms with Crippen LogP contribution in [0.15, 0.2) is 0 Å². The van der Waals surface area contributed by atoms with E-state index in [4.69, 9.17) is 0 Å². The minimum atomic E-state index is 0.709. The van der Waals surface area contributed by atoms with Gasteiger partial charge in [0.15, 0.2) is 0 Å². The highest BCUT2D eigenvalue weighted by Gasteiger charge is 2.10. The number of hydrogen-bond donors (Lipinski definition) is 1. The van der Waals surface area contributed by atoms with Crippen LogP contribution in [0.25, 0.3) is 0 Å². The molecule has 3 nitrogen and oxygen atoms in total. The first-order chi connectivity index (χ1) is 7.74. The van der Waals surface area contributed by atoms with E-state index in [1.54, 1.807) is 0 Å². The van der Waals surface area contributed by atoms with Gasteiger partial charge in [-0.15, -0.1) is 0 Å². The average Bonchev–Trinajstić information content (AvgIpc) is 2.80. The van der Waals surface area contributed by atoms with Gasteiger partial charge in [-0.2, -0.15) is 0 Å². The van der Waals surface area contributed by atoms with Gasteiger partial charge >= 0.3 is 0 Å². The average molecular weight is 227 g/mol. The molecule has 0 aromatic heterocycles. The summed E-state index contributed by atoms with van der Waals surface area (Å²) in [5, 5.41) is 3.54. The quantitative estimate of drug-likeness (QED) is 0.632. The zero-order valence-electron chi connectivity index (χ0n) is 11.3. The molecule has 1 N–H and O–H groups in total. The van der Waals surface area contributed by atoms with E-state index in [0.717, 1.165) is 19.6 Å². The number of hydrogen-bond acceptors (Lipinski definition) is 3. The first-order valence-corrected chi connectivity index (χ1v) is 6.87. The Morgan fingerprint density at radius 1 is 1.25 bits per heavy atom.